The van der Waals surface area contributed by atoms with Gasteiger partial charge in [0.25, 0.3) is 0 Å². The summed E-state index contributed by atoms with van der Waals surface area (Å²) >= 11 is 5.99. The summed E-state index contributed by atoms with van der Waals surface area (Å²) in [5.41, 5.74) is 0.920. The number of sulfonamides is 1. The second kappa shape index (κ2) is 7.22. The summed E-state index contributed by atoms with van der Waals surface area (Å²) in [6.45, 7) is -0.0458. The molecule has 0 aliphatic rings. The Balaban J connectivity index is 1.83. The first-order valence-corrected chi connectivity index (χ1v) is 9.04. The lowest BCUT2D eigenvalue weighted by molar-refractivity contribution is 0.414. The van der Waals surface area contributed by atoms with Crippen molar-refractivity contribution >= 4 is 21.6 Å². The van der Waals surface area contributed by atoms with Crippen LogP contribution in [0.2, 0.25) is 5.02 Å². The maximum absolute atomic E-state index is 12.5. The van der Waals surface area contributed by atoms with Gasteiger partial charge in [-0.15, -0.1) is 0 Å². The van der Waals surface area contributed by atoms with E-state index in [1.54, 1.807) is 12.1 Å². The van der Waals surface area contributed by atoms with Crippen LogP contribution in [-0.2, 0) is 16.6 Å². The Morgan fingerprint density at radius 2 is 2.04 bits per heavy atom. The second-order valence-electron chi connectivity index (χ2n) is 4.95. The van der Waals surface area contributed by atoms with Gasteiger partial charge in [0, 0.05) is 12.4 Å². The number of hydrogen-bond donors (Lipinski definition) is 1. The molecular weight excluding hydrogens is 366 g/mol. The van der Waals surface area contributed by atoms with E-state index in [4.69, 9.17) is 20.8 Å². The molecule has 0 bridgehead atoms. The lowest BCUT2D eigenvalue weighted by Gasteiger charge is -2.10. The van der Waals surface area contributed by atoms with Gasteiger partial charge in [0.1, 0.15) is 11.4 Å². The average Bonchev–Trinajstić information content (AvgIpc) is 3.14. The Morgan fingerprint density at radius 3 is 2.72 bits per heavy atom. The van der Waals surface area contributed by atoms with E-state index in [0.717, 1.165) is 0 Å². The summed E-state index contributed by atoms with van der Waals surface area (Å²) in [6, 6.07) is 7.68. The molecule has 0 amide bonds. The number of halogens is 1. The molecule has 0 saturated heterocycles. The number of nitrogens with one attached hydrogen (secondary N) is 1. The van der Waals surface area contributed by atoms with Gasteiger partial charge in [0.15, 0.2) is 5.76 Å². The SMILES string of the molecule is COc1ccc(S(=O)(=O)NCc2nccnc2-c2ccco2)cc1Cl. The van der Waals surface area contributed by atoms with Crippen LogP contribution in [0.25, 0.3) is 11.5 Å². The topological polar surface area (TPSA) is 94.3 Å². The smallest absolute Gasteiger partial charge is 0.240 e. The quantitative estimate of drug-likeness (QED) is 0.707. The highest BCUT2D eigenvalue weighted by molar-refractivity contribution is 7.89. The van der Waals surface area contributed by atoms with Gasteiger partial charge in [0.2, 0.25) is 10.0 Å². The number of ether oxygens (including phenoxy) is 1. The van der Waals surface area contributed by atoms with E-state index in [9.17, 15) is 8.42 Å². The standard InChI is InChI=1S/C16H14ClN3O4S/c1-23-14-5-4-11(9-12(14)17)25(21,22)20-10-13-16(19-7-6-18-13)15-3-2-8-24-15/h2-9,20H,10H2,1H3. The fraction of sp³-hybridized carbons (Fsp3) is 0.125. The largest absolute Gasteiger partial charge is 0.495 e. The average molecular weight is 380 g/mol. The molecule has 2 heterocycles. The van der Waals surface area contributed by atoms with Crippen LogP contribution in [-0.4, -0.2) is 25.5 Å². The van der Waals surface area contributed by atoms with E-state index in [0.29, 0.717) is 22.9 Å². The maximum Gasteiger partial charge on any atom is 0.240 e. The Bertz CT molecular complexity index is 975. The third-order valence-electron chi connectivity index (χ3n) is 3.39. The molecule has 0 atom stereocenters. The highest BCUT2D eigenvalue weighted by Crippen LogP contribution is 2.27. The number of aromatic nitrogens is 2. The summed E-state index contributed by atoms with van der Waals surface area (Å²) in [7, 11) is -2.32. The van der Waals surface area contributed by atoms with E-state index >= 15 is 0 Å². The van der Waals surface area contributed by atoms with Gasteiger partial charge >= 0.3 is 0 Å². The molecule has 3 aromatic rings. The normalized spacial score (nSPS) is 11.4. The van der Waals surface area contributed by atoms with Crippen LogP contribution in [0.4, 0.5) is 0 Å². The molecule has 0 saturated carbocycles. The van der Waals surface area contributed by atoms with Crippen LogP contribution in [0.15, 0.2) is 58.3 Å². The van der Waals surface area contributed by atoms with Crippen molar-refractivity contribution < 1.29 is 17.6 Å². The van der Waals surface area contributed by atoms with Crippen LogP contribution < -0.4 is 9.46 Å². The molecule has 2 aromatic heterocycles. The Hall–Kier alpha value is -2.42. The third kappa shape index (κ3) is 3.81. The van der Waals surface area contributed by atoms with E-state index in [1.807, 2.05) is 0 Å². The summed E-state index contributed by atoms with van der Waals surface area (Å²) in [4.78, 5) is 8.41. The predicted molar refractivity (Wildman–Crippen MR) is 91.8 cm³/mol. The van der Waals surface area contributed by atoms with Gasteiger partial charge < -0.3 is 9.15 Å². The van der Waals surface area contributed by atoms with Crippen molar-refractivity contribution in [3.05, 3.63) is 59.7 Å². The fourth-order valence-corrected chi connectivity index (χ4v) is 3.51. The molecule has 7 nitrogen and oxygen atoms in total. The number of benzene rings is 1. The highest BCUT2D eigenvalue weighted by Gasteiger charge is 2.18. The van der Waals surface area contributed by atoms with Crippen molar-refractivity contribution in [2.75, 3.05) is 7.11 Å². The van der Waals surface area contributed by atoms with Crippen LogP contribution in [0.5, 0.6) is 5.75 Å². The van der Waals surface area contributed by atoms with Crippen molar-refractivity contribution in [3.63, 3.8) is 0 Å². The van der Waals surface area contributed by atoms with Crippen LogP contribution in [0.1, 0.15) is 5.69 Å². The van der Waals surface area contributed by atoms with Gasteiger partial charge in [0.05, 0.1) is 35.5 Å². The van der Waals surface area contributed by atoms with Gasteiger partial charge in [-0.05, 0) is 30.3 Å². The van der Waals surface area contributed by atoms with Crippen molar-refractivity contribution in [2.45, 2.75) is 11.4 Å². The van der Waals surface area contributed by atoms with E-state index < -0.39 is 10.0 Å². The first-order chi connectivity index (χ1) is 12.0. The zero-order valence-corrected chi connectivity index (χ0v) is 14.7. The van der Waals surface area contributed by atoms with E-state index in [2.05, 4.69) is 14.7 Å². The number of hydrogen-bond acceptors (Lipinski definition) is 6. The Morgan fingerprint density at radius 1 is 1.24 bits per heavy atom. The number of rotatable bonds is 6. The summed E-state index contributed by atoms with van der Waals surface area (Å²) < 4.78 is 37.8. The van der Waals surface area contributed by atoms with Crippen LogP contribution >= 0.6 is 11.6 Å². The lowest BCUT2D eigenvalue weighted by atomic mass is 10.2. The highest BCUT2D eigenvalue weighted by atomic mass is 35.5. The molecule has 9 heteroatoms. The first-order valence-electron chi connectivity index (χ1n) is 7.18. The number of methoxy groups -OCH3 is 1. The molecule has 1 aromatic carbocycles. The van der Waals surface area contributed by atoms with Gasteiger partial charge in [-0.3, -0.25) is 4.98 Å². The lowest BCUT2D eigenvalue weighted by Crippen LogP contribution is -2.24. The fourth-order valence-electron chi connectivity index (χ4n) is 2.18. The predicted octanol–water partition coefficient (Wildman–Crippen LogP) is 2.88. The van der Waals surface area contributed by atoms with Crippen LogP contribution in [0, 0.1) is 0 Å². The third-order valence-corrected chi connectivity index (χ3v) is 5.09. The molecule has 0 fully saturated rings. The molecule has 3 rings (SSSR count). The summed E-state index contributed by atoms with van der Waals surface area (Å²) in [5.74, 6) is 0.907. The van der Waals surface area contributed by atoms with Gasteiger partial charge in [-0.2, -0.15) is 0 Å². The minimum atomic E-state index is -3.78. The van der Waals surface area contributed by atoms with Crippen molar-refractivity contribution in [1.29, 1.82) is 0 Å². The molecule has 0 unspecified atom stereocenters. The van der Waals surface area contributed by atoms with E-state index in [1.165, 1.54) is 44.0 Å². The van der Waals surface area contributed by atoms with E-state index in [-0.39, 0.29) is 16.5 Å². The maximum atomic E-state index is 12.5. The molecular formula is C16H14ClN3O4S. The molecule has 130 valence electrons. The minimum absolute atomic E-state index is 0.0294. The molecule has 25 heavy (non-hydrogen) atoms. The van der Waals surface area contributed by atoms with Gasteiger partial charge in [-0.1, -0.05) is 11.6 Å². The molecule has 0 spiro atoms. The molecule has 0 aliphatic heterocycles. The Labute approximate surface area is 149 Å². The molecule has 1 N–H and O–H groups in total. The zero-order chi connectivity index (χ0) is 17.9. The zero-order valence-electron chi connectivity index (χ0n) is 13.1. The summed E-state index contributed by atoms with van der Waals surface area (Å²) in [5, 5.41) is 0.209. The molecule has 0 radical (unpaired) electrons. The molecule has 0 aliphatic carbocycles. The van der Waals surface area contributed by atoms with Crippen molar-refractivity contribution in [3.8, 4) is 17.2 Å². The first kappa shape index (κ1) is 17.4. The Kier molecular flexibility index (Phi) is 5.03. The monoisotopic (exact) mass is 379 g/mol. The van der Waals surface area contributed by atoms with Crippen LogP contribution in [0.3, 0.4) is 0 Å². The number of nitrogens with zero attached hydrogens (tertiary/aromatic N) is 2. The second-order valence-corrected chi connectivity index (χ2v) is 7.12. The number of furan rings is 1. The van der Waals surface area contributed by atoms with Crippen molar-refractivity contribution in [1.82, 2.24) is 14.7 Å². The van der Waals surface area contributed by atoms with Gasteiger partial charge in [-0.25, -0.2) is 18.1 Å². The van der Waals surface area contributed by atoms with Crippen molar-refractivity contribution in [2.24, 2.45) is 0 Å². The summed E-state index contributed by atoms with van der Waals surface area (Å²) in [6.07, 6.45) is 4.51. The minimum Gasteiger partial charge on any atom is -0.495 e.